The van der Waals surface area contributed by atoms with Crippen LogP contribution in [0.1, 0.15) is 31.7 Å². The minimum absolute atomic E-state index is 0.303. The molecule has 1 fully saturated rings. The summed E-state index contributed by atoms with van der Waals surface area (Å²) in [5.74, 6) is 0. The second kappa shape index (κ2) is 6.35. The molecule has 1 atom stereocenters. The van der Waals surface area contributed by atoms with Gasteiger partial charge in [-0.25, -0.2) is 0 Å². The van der Waals surface area contributed by atoms with E-state index < -0.39 is 0 Å². The van der Waals surface area contributed by atoms with Crippen molar-refractivity contribution in [2.75, 3.05) is 39.8 Å². The van der Waals surface area contributed by atoms with Crippen molar-refractivity contribution in [3.63, 3.8) is 0 Å². The van der Waals surface area contributed by atoms with Crippen molar-refractivity contribution in [1.82, 2.24) is 15.1 Å². The molecule has 0 aromatic carbocycles. The van der Waals surface area contributed by atoms with Gasteiger partial charge in [0.1, 0.15) is 0 Å². The lowest BCUT2D eigenvalue weighted by molar-refractivity contribution is 0.0404. The molecule has 0 aliphatic carbocycles. The SMILES string of the molecule is CC(NCCN1CCN(C)C(C)(C)C1)c1cccs1. The number of piperazine rings is 1. The molecule has 1 saturated heterocycles. The van der Waals surface area contributed by atoms with Gasteiger partial charge in [-0.3, -0.25) is 9.80 Å². The number of nitrogens with zero attached hydrogens (tertiary/aromatic N) is 2. The van der Waals surface area contributed by atoms with Crippen LogP contribution in [0.4, 0.5) is 0 Å². The summed E-state index contributed by atoms with van der Waals surface area (Å²) in [6, 6.07) is 4.81. The fourth-order valence-electron chi connectivity index (χ4n) is 2.61. The molecule has 2 rings (SSSR count). The first kappa shape index (κ1) is 15.0. The van der Waals surface area contributed by atoms with E-state index >= 15 is 0 Å². The minimum Gasteiger partial charge on any atom is -0.308 e. The Morgan fingerprint density at radius 3 is 2.84 bits per heavy atom. The van der Waals surface area contributed by atoms with Crippen LogP contribution < -0.4 is 5.32 Å². The van der Waals surface area contributed by atoms with Gasteiger partial charge in [-0.2, -0.15) is 0 Å². The van der Waals surface area contributed by atoms with Gasteiger partial charge in [0.15, 0.2) is 0 Å². The second-order valence-corrected chi connectivity index (χ2v) is 7.18. The number of rotatable bonds is 5. The lowest BCUT2D eigenvalue weighted by Gasteiger charge is -2.45. The van der Waals surface area contributed by atoms with E-state index in [1.165, 1.54) is 24.5 Å². The fraction of sp³-hybridized carbons (Fsp3) is 0.733. The molecule has 1 N–H and O–H groups in total. The first-order chi connectivity index (χ1) is 8.99. The summed E-state index contributed by atoms with van der Waals surface area (Å²) in [4.78, 5) is 6.47. The van der Waals surface area contributed by atoms with Crippen LogP contribution in [0.5, 0.6) is 0 Å². The molecule has 1 aromatic rings. The van der Waals surface area contributed by atoms with Crippen molar-refractivity contribution in [3.8, 4) is 0 Å². The zero-order valence-corrected chi connectivity index (χ0v) is 13.5. The van der Waals surface area contributed by atoms with Gasteiger partial charge in [-0.05, 0) is 39.3 Å². The highest BCUT2D eigenvalue weighted by atomic mass is 32.1. The minimum atomic E-state index is 0.303. The third kappa shape index (κ3) is 4.02. The summed E-state index contributed by atoms with van der Waals surface area (Å²) >= 11 is 1.83. The summed E-state index contributed by atoms with van der Waals surface area (Å²) in [6.07, 6.45) is 0. The van der Waals surface area contributed by atoms with Gasteiger partial charge < -0.3 is 5.32 Å². The predicted molar refractivity (Wildman–Crippen MR) is 83.9 cm³/mol. The van der Waals surface area contributed by atoms with Gasteiger partial charge in [0.25, 0.3) is 0 Å². The van der Waals surface area contributed by atoms with Crippen LogP contribution in [-0.2, 0) is 0 Å². The molecule has 1 unspecified atom stereocenters. The van der Waals surface area contributed by atoms with E-state index in [9.17, 15) is 0 Å². The van der Waals surface area contributed by atoms with Crippen molar-refractivity contribution in [2.45, 2.75) is 32.4 Å². The summed E-state index contributed by atoms with van der Waals surface area (Å²) in [5.41, 5.74) is 0.303. The standard InChI is InChI=1S/C15H27N3S/c1-13(14-6-5-11-19-14)16-7-8-18-10-9-17(4)15(2,3)12-18/h5-6,11,13,16H,7-10,12H2,1-4H3. The van der Waals surface area contributed by atoms with E-state index in [-0.39, 0.29) is 0 Å². The Morgan fingerprint density at radius 1 is 1.42 bits per heavy atom. The maximum Gasteiger partial charge on any atom is 0.0386 e. The van der Waals surface area contributed by atoms with Crippen molar-refractivity contribution in [3.05, 3.63) is 22.4 Å². The molecule has 0 radical (unpaired) electrons. The highest BCUT2D eigenvalue weighted by Gasteiger charge is 2.30. The van der Waals surface area contributed by atoms with Crippen molar-refractivity contribution in [2.24, 2.45) is 0 Å². The monoisotopic (exact) mass is 281 g/mol. The van der Waals surface area contributed by atoms with Crippen LogP contribution in [0.3, 0.4) is 0 Å². The molecule has 1 aliphatic heterocycles. The van der Waals surface area contributed by atoms with E-state index in [1.54, 1.807) is 0 Å². The molecule has 0 amide bonds. The smallest absolute Gasteiger partial charge is 0.0386 e. The van der Waals surface area contributed by atoms with Gasteiger partial charge in [-0.1, -0.05) is 6.07 Å². The van der Waals surface area contributed by atoms with Crippen LogP contribution in [0.15, 0.2) is 17.5 Å². The van der Waals surface area contributed by atoms with E-state index in [2.05, 4.69) is 60.4 Å². The molecule has 2 heterocycles. The molecule has 108 valence electrons. The Labute approximate surface area is 121 Å². The molecule has 0 saturated carbocycles. The lowest BCUT2D eigenvalue weighted by atomic mass is 10.00. The Kier molecular flexibility index (Phi) is 5.01. The summed E-state index contributed by atoms with van der Waals surface area (Å²) in [7, 11) is 2.23. The molecule has 1 aliphatic rings. The van der Waals surface area contributed by atoms with Crippen molar-refractivity contribution in [1.29, 1.82) is 0 Å². The van der Waals surface area contributed by atoms with E-state index in [0.717, 1.165) is 13.1 Å². The Bertz CT molecular complexity index is 375. The number of hydrogen-bond donors (Lipinski definition) is 1. The molecule has 1 aromatic heterocycles. The highest BCUT2D eigenvalue weighted by molar-refractivity contribution is 7.10. The average molecular weight is 281 g/mol. The molecular weight excluding hydrogens is 254 g/mol. The van der Waals surface area contributed by atoms with Gasteiger partial charge in [0.2, 0.25) is 0 Å². The van der Waals surface area contributed by atoms with Gasteiger partial charge in [0.05, 0.1) is 0 Å². The van der Waals surface area contributed by atoms with Crippen molar-refractivity contribution >= 4 is 11.3 Å². The molecular formula is C15H27N3S. The predicted octanol–water partition coefficient (Wildman–Crippen LogP) is 2.42. The number of likely N-dealkylation sites (N-methyl/N-ethyl adjacent to an activating group) is 1. The molecule has 19 heavy (non-hydrogen) atoms. The maximum absolute atomic E-state index is 3.63. The van der Waals surface area contributed by atoms with Crippen molar-refractivity contribution < 1.29 is 0 Å². The van der Waals surface area contributed by atoms with E-state index in [4.69, 9.17) is 0 Å². The molecule has 4 heteroatoms. The van der Waals surface area contributed by atoms with Gasteiger partial charge >= 0.3 is 0 Å². The molecule has 3 nitrogen and oxygen atoms in total. The van der Waals surface area contributed by atoms with Crippen LogP contribution in [-0.4, -0.2) is 55.1 Å². The van der Waals surface area contributed by atoms with Crippen LogP contribution in [0, 0.1) is 0 Å². The van der Waals surface area contributed by atoms with E-state index in [1.807, 2.05) is 11.3 Å². The molecule has 0 spiro atoms. The summed E-state index contributed by atoms with van der Waals surface area (Å²) in [6.45, 7) is 12.7. The summed E-state index contributed by atoms with van der Waals surface area (Å²) in [5, 5.41) is 5.78. The number of thiophene rings is 1. The Hall–Kier alpha value is -0.420. The van der Waals surface area contributed by atoms with Gasteiger partial charge in [-0.15, -0.1) is 11.3 Å². The maximum atomic E-state index is 3.63. The normalized spacial score (nSPS) is 22.5. The second-order valence-electron chi connectivity index (χ2n) is 6.20. The Balaban J connectivity index is 1.72. The lowest BCUT2D eigenvalue weighted by Crippen LogP contribution is -2.58. The number of nitrogens with one attached hydrogen (secondary N) is 1. The van der Waals surface area contributed by atoms with Gasteiger partial charge in [0, 0.05) is 49.2 Å². The zero-order valence-electron chi connectivity index (χ0n) is 12.6. The highest BCUT2D eigenvalue weighted by Crippen LogP contribution is 2.19. The average Bonchev–Trinajstić information content (AvgIpc) is 2.87. The third-order valence-electron chi connectivity index (χ3n) is 4.24. The molecule has 0 bridgehead atoms. The Morgan fingerprint density at radius 2 is 2.21 bits per heavy atom. The number of hydrogen-bond acceptors (Lipinski definition) is 4. The first-order valence-electron chi connectivity index (χ1n) is 7.19. The van der Waals surface area contributed by atoms with Crippen LogP contribution in [0.25, 0.3) is 0 Å². The van der Waals surface area contributed by atoms with Crippen LogP contribution >= 0.6 is 11.3 Å². The first-order valence-corrected chi connectivity index (χ1v) is 8.07. The quantitative estimate of drug-likeness (QED) is 0.894. The topological polar surface area (TPSA) is 18.5 Å². The van der Waals surface area contributed by atoms with E-state index in [0.29, 0.717) is 11.6 Å². The zero-order chi connectivity index (χ0) is 13.9. The fourth-order valence-corrected chi connectivity index (χ4v) is 3.37. The third-order valence-corrected chi connectivity index (χ3v) is 5.30. The van der Waals surface area contributed by atoms with Crippen LogP contribution in [0.2, 0.25) is 0 Å². The largest absolute Gasteiger partial charge is 0.308 e. The summed E-state index contributed by atoms with van der Waals surface area (Å²) < 4.78 is 0.